The maximum Gasteiger partial charge on any atom is 0.262 e. The number of alkyl halides is 1. The number of aromatic hydroxyl groups is 1. The summed E-state index contributed by atoms with van der Waals surface area (Å²) >= 11 is 5.56. The SMILES string of the molecule is Cc1ccccc1-c1c(O)nc(CCl)[nH]c1=O. The third-order valence-electron chi connectivity index (χ3n) is 2.49. The van der Waals surface area contributed by atoms with E-state index in [1.54, 1.807) is 12.1 Å². The zero-order valence-electron chi connectivity index (χ0n) is 9.20. The van der Waals surface area contributed by atoms with E-state index in [1.807, 2.05) is 19.1 Å². The number of aromatic amines is 1. The molecule has 17 heavy (non-hydrogen) atoms. The van der Waals surface area contributed by atoms with Gasteiger partial charge in [0, 0.05) is 0 Å². The minimum absolute atomic E-state index is 0.0524. The van der Waals surface area contributed by atoms with Gasteiger partial charge in [-0.1, -0.05) is 24.3 Å². The van der Waals surface area contributed by atoms with Crippen LogP contribution in [-0.4, -0.2) is 15.1 Å². The van der Waals surface area contributed by atoms with Crippen molar-refractivity contribution in [1.82, 2.24) is 9.97 Å². The number of benzene rings is 1. The molecule has 4 nitrogen and oxygen atoms in total. The van der Waals surface area contributed by atoms with E-state index < -0.39 is 0 Å². The Labute approximate surface area is 103 Å². The number of nitrogens with one attached hydrogen (secondary N) is 1. The number of aryl methyl sites for hydroxylation is 1. The summed E-state index contributed by atoms with van der Waals surface area (Å²) < 4.78 is 0. The second-order valence-corrected chi connectivity index (χ2v) is 3.93. The molecule has 1 aromatic heterocycles. The van der Waals surface area contributed by atoms with E-state index in [4.69, 9.17) is 11.6 Å². The Kier molecular flexibility index (Phi) is 3.15. The molecule has 0 saturated heterocycles. The summed E-state index contributed by atoms with van der Waals surface area (Å²) in [6.45, 7) is 1.86. The molecule has 2 N–H and O–H groups in total. The van der Waals surface area contributed by atoms with E-state index in [1.165, 1.54) is 0 Å². The van der Waals surface area contributed by atoms with E-state index in [2.05, 4.69) is 9.97 Å². The highest BCUT2D eigenvalue weighted by atomic mass is 35.5. The molecule has 0 spiro atoms. The van der Waals surface area contributed by atoms with Gasteiger partial charge < -0.3 is 10.1 Å². The van der Waals surface area contributed by atoms with Gasteiger partial charge in [-0.25, -0.2) is 0 Å². The van der Waals surface area contributed by atoms with Crippen LogP contribution in [0.2, 0.25) is 0 Å². The van der Waals surface area contributed by atoms with Crippen LogP contribution < -0.4 is 5.56 Å². The van der Waals surface area contributed by atoms with Crippen molar-refractivity contribution in [1.29, 1.82) is 0 Å². The maximum atomic E-state index is 11.9. The Morgan fingerprint density at radius 1 is 1.41 bits per heavy atom. The highest BCUT2D eigenvalue weighted by molar-refractivity contribution is 6.16. The van der Waals surface area contributed by atoms with Crippen LogP contribution in [0, 0.1) is 6.92 Å². The van der Waals surface area contributed by atoms with E-state index in [-0.39, 0.29) is 28.7 Å². The predicted octanol–water partition coefficient (Wildman–Crippen LogP) is 2.19. The topological polar surface area (TPSA) is 66.0 Å². The second-order valence-electron chi connectivity index (χ2n) is 3.66. The van der Waals surface area contributed by atoms with Gasteiger partial charge in [0.25, 0.3) is 5.56 Å². The summed E-state index contributed by atoms with van der Waals surface area (Å²) in [5.41, 5.74) is 1.35. The highest BCUT2D eigenvalue weighted by Crippen LogP contribution is 2.26. The molecule has 0 atom stereocenters. The third kappa shape index (κ3) is 2.17. The van der Waals surface area contributed by atoms with Crippen LogP contribution in [0.4, 0.5) is 0 Å². The van der Waals surface area contributed by atoms with Crippen LogP contribution in [0.25, 0.3) is 11.1 Å². The number of halogens is 1. The van der Waals surface area contributed by atoms with Gasteiger partial charge in [0.2, 0.25) is 5.88 Å². The Balaban J connectivity index is 2.69. The molecule has 0 saturated carbocycles. The normalized spacial score (nSPS) is 10.5. The number of nitrogens with zero attached hydrogens (tertiary/aromatic N) is 1. The van der Waals surface area contributed by atoms with Crippen molar-refractivity contribution in [3.8, 4) is 17.0 Å². The zero-order chi connectivity index (χ0) is 12.4. The summed E-state index contributed by atoms with van der Waals surface area (Å²) in [4.78, 5) is 18.2. The fourth-order valence-electron chi connectivity index (χ4n) is 1.67. The van der Waals surface area contributed by atoms with Crippen LogP contribution in [0.1, 0.15) is 11.4 Å². The van der Waals surface area contributed by atoms with Gasteiger partial charge in [-0.05, 0) is 18.1 Å². The Bertz CT molecular complexity index is 608. The Morgan fingerprint density at radius 2 is 2.12 bits per heavy atom. The quantitative estimate of drug-likeness (QED) is 0.803. The Morgan fingerprint density at radius 3 is 2.71 bits per heavy atom. The number of hydrogen-bond acceptors (Lipinski definition) is 3. The molecule has 5 heteroatoms. The van der Waals surface area contributed by atoms with Gasteiger partial charge in [-0.2, -0.15) is 4.98 Å². The van der Waals surface area contributed by atoms with Crippen molar-refractivity contribution in [3.63, 3.8) is 0 Å². The van der Waals surface area contributed by atoms with E-state index in [0.717, 1.165) is 5.56 Å². The van der Waals surface area contributed by atoms with Gasteiger partial charge >= 0.3 is 0 Å². The standard InChI is InChI=1S/C12H11ClN2O2/c1-7-4-2-3-5-8(7)10-11(16)14-9(6-13)15-12(10)17/h2-5H,6H2,1H3,(H2,14,15,16,17). The molecular formula is C12H11ClN2O2. The van der Waals surface area contributed by atoms with Crippen molar-refractivity contribution in [3.05, 3.63) is 46.0 Å². The van der Waals surface area contributed by atoms with Crippen LogP contribution in [0.5, 0.6) is 5.88 Å². The molecule has 0 aliphatic rings. The molecular weight excluding hydrogens is 240 g/mol. The Hall–Kier alpha value is -1.81. The van der Waals surface area contributed by atoms with Crippen LogP contribution in [-0.2, 0) is 5.88 Å². The van der Waals surface area contributed by atoms with Crippen LogP contribution >= 0.6 is 11.6 Å². The van der Waals surface area contributed by atoms with Crippen molar-refractivity contribution >= 4 is 11.6 Å². The smallest absolute Gasteiger partial charge is 0.262 e. The molecule has 88 valence electrons. The first-order valence-corrected chi connectivity index (χ1v) is 5.61. The number of hydrogen-bond donors (Lipinski definition) is 2. The number of H-pyrrole nitrogens is 1. The lowest BCUT2D eigenvalue weighted by molar-refractivity contribution is 0.451. The average Bonchev–Trinajstić information content (AvgIpc) is 2.30. The fourth-order valence-corrected chi connectivity index (χ4v) is 1.79. The van der Waals surface area contributed by atoms with Gasteiger partial charge in [-0.15, -0.1) is 11.6 Å². The van der Waals surface area contributed by atoms with Gasteiger partial charge in [0.05, 0.1) is 5.88 Å². The monoisotopic (exact) mass is 250 g/mol. The summed E-state index contributed by atoms with van der Waals surface area (Å²) in [7, 11) is 0. The van der Waals surface area contributed by atoms with E-state index in [0.29, 0.717) is 5.56 Å². The van der Waals surface area contributed by atoms with Crippen molar-refractivity contribution < 1.29 is 5.11 Å². The van der Waals surface area contributed by atoms with Gasteiger partial charge in [0.15, 0.2) is 0 Å². The maximum absolute atomic E-state index is 11.9. The molecule has 0 aliphatic heterocycles. The van der Waals surface area contributed by atoms with Crippen LogP contribution in [0.15, 0.2) is 29.1 Å². The van der Waals surface area contributed by atoms with Gasteiger partial charge in [0.1, 0.15) is 11.4 Å². The number of aromatic nitrogens is 2. The molecule has 0 bridgehead atoms. The number of rotatable bonds is 2. The van der Waals surface area contributed by atoms with Crippen LogP contribution in [0.3, 0.4) is 0 Å². The van der Waals surface area contributed by atoms with Crippen molar-refractivity contribution in [2.75, 3.05) is 0 Å². The summed E-state index contributed by atoms with van der Waals surface area (Å²) in [6, 6.07) is 7.30. The molecule has 0 radical (unpaired) electrons. The predicted molar refractivity (Wildman–Crippen MR) is 66.3 cm³/mol. The van der Waals surface area contributed by atoms with Crippen molar-refractivity contribution in [2.45, 2.75) is 12.8 Å². The summed E-state index contributed by atoms with van der Waals surface area (Å²) in [6.07, 6.45) is 0. The molecule has 1 aromatic carbocycles. The van der Waals surface area contributed by atoms with E-state index in [9.17, 15) is 9.90 Å². The lowest BCUT2D eigenvalue weighted by Gasteiger charge is -2.07. The first-order chi connectivity index (χ1) is 8.13. The largest absolute Gasteiger partial charge is 0.493 e. The third-order valence-corrected chi connectivity index (χ3v) is 2.74. The first kappa shape index (κ1) is 11.7. The molecule has 0 aliphatic carbocycles. The second kappa shape index (κ2) is 4.59. The minimum atomic E-state index is -0.387. The van der Waals surface area contributed by atoms with Crippen molar-refractivity contribution in [2.24, 2.45) is 0 Å². The molecule has 2 aromatic rings. The fraction of sp³-hybridized carbons (Fsp3) is 0.167. The lowest BCUT2D eigenvalue weighted by Crippen LogP contribution is -2.13. The molecule has 2 rings (SSSR count). The molecule has 1 heterocycles. The minimum Gasteiger partial charge on any atom is -0.493 e. The van der Waals surface area contributed by atoms with Gasteiger partial charge in [-0.3, -0.25) is 4.79 Å². The molecule has 0 unspecified atom stereocenters. The molecule has 0 fully saturated rings. The average molecular weight is 251 g/mol. The summed E-state index contributed by atoms with van der Waals surface area (Å²) in [5.74, 6) is 0.0156. The first-order valence-electron chi connectivity index (χ1n) is 5.07. The lowest BCUT2D eigenvalue weighted by atomic mass is 10.0. The summed E-state index contributed by atoms with van der Waals surface area (Å²) in [5, 5.41) is 9.79. The van der Waals surface area contributed by atoms with E-state index >= 15 is 0 Å². The molecule has 0 amide bonds. The zero-order valence-corrected chi connectivity index (χ0v) is 9.95. The highest BCUT2D eigenvalue weighted by Gasteiger charge is 2.13.